The van der Waals surface area contributed by atoms with Crippen LogP contribution in [0.25, 0.3) is 0 Å². The van der Waals surface area contributed by atoms with Gasteiger partial charge in [0.1, 0.15) is 0 Å². The summed E-state index contributed by atoms with van der Waals surface area (Å²) < 4.78 is 0. The fraction of sp³-hybridized carbons (Fsp3) is 0.750. The van der Waals surface area contributed by atoms with Crippen LogP contribution in [0.5, 0.6) is 0 Å². The quantitative estimate of drug-likeness (QED) is 0.373. The second-order valence-electron chi connectivity index (χ2n) is 4.01. The van der Waals surface area contributed by atoms with E-state index in [9.17, 15) is 4.79 Å². The van der Waals surface area contributed by atoms with Gasteiger partial charge in [-0.05, 0) is 25.5 Å². The second-order valence-corrected chi connectivity index (χ2v) is 4.01. The molecular formula is C12H22N2O2. The summed E-state index contributed by atoms with van der Waals surface area (Å²) in [6, 6.07) is 0. The molecule has 0 fully saturated rings. The molecule has 92 valence electrons. The number of hydrogen-bond acceptors (Lipinski definition) is 3. The van der Waals surface area contributed by atoms with Crippen LogP contribution in [0.1, 0.15) is 51.4 Å². The van der Waals surface area contributed by atoms with E-state index in [4.69, 9.17) is 15.9 Å². The molecule has 0 heterocycles. The largest absolute Gasteiger partial charge is 0.481 e. The lowest BCUT2D eigenvalue weighted by Gasteiger charge is -2.05. The number of hydrogen-bond donors (Lipinski definition) is 3. The number of unbranched alkanes of at least 4 members (excludes halogenated alkanes) is 6. The van der Waals surface area contributed by atoms with Crippen LogP contribution in [-0.2, 0) is 4.79 Å². The molecule has 4 heteroatoms. The fourth-order valence-corrected chi connectivity index (χ4v) is 1.60. The molecule has 0 saturated heterocycles. The molecule has 0 amide bonds. The molecule has 0 bridgehead atoms. The molecule has 0 rings (SSSR count). The molecule has 3 N–H and O–H groups in total. The highest BCUT2D eigenvalue weighted by Crippen LogP contribution is 2.11. The Labute approximate surface area is 97.1 Å². The zero-order valence-corrected chi connectivity index (χ0v) is 9.74. The molecule has 0 aromatic carbocycles. The van der Waals surface area contributed by atoms with E-state index in [1.165, 1.54) is 6.21 Å². The van der Waals surface area contributed by atoms with Gasteiger partial charge in [0.2, 0.25) is 0 Å². The van der Waals surface area contributed by atoms with E-state index in [1.54, 1.807) is 0 Å². The Balaban J connectivity index is 3.28. The van der Waals surface area contributed by atoms with Gasteiger partial charge < -0.3 is 15.9 Å². The van der Waals surface area contributed by atoms with E-state index in [1.807, 2.05) is 0 Å². The van der Waals surface area contributed by atoms with Gasteiger partial charge in [0.15, 0.2) is 0 Å². The maximum Gasteiger partial charge on any atom is 0.311 e. The summed E-state index contributed by atoms with van der Waals surface area (Å²) in [5, 5.41) is 22.5. The van der Waals surface area contributed by atoms with Crippen molar-refractivity contribution in [2.75, 3.05) is 0 Å². The average molecular weight is 226 g/mol. The third kappa shape index (κ3) is 8.15. The Kier molecular flexibility index (Phi) is 9.56. The molecule has 4 nitrogen and oxygen atoms in total. The average Bonchev–Trinajstić information content (AvgIpc) is 2.26. The second kappa shape index (κ2) is 10.3. The molecule has 0 aliphatic carbocycles. The van der Waals surface area contributed by atoms with Crippen LogP contribution in [0.2, 0.25) is 0 Å². The van der Waals surface area contributed by atoms with E-state index in [2.05, 4.69) is 0 Å². The van der Waals surface area contributed by atoms with Gasteiger partial charge in [-0.15, -0.1) is 0 Å². The number of carbonyl (C=O) groups is 1. The minimum atomic E-state index is -0.888. The van der Waals surface area contributed by atoms with Crippen LogP contribution in [-0.4, -0.2) is 23.5 Å². The monoisotopic (exact) mass is 226 g/mol. The fourth-order valence-electron chi connectivity index (χ4n) is 1.60. The van der Waals surface area contributed by atoms with E-state index < -0.39 is 11.9 Å². The molecule has 0 aliphatic heterocycles. The van der Waals surface area contributed by atoms with Crippen LogP contribution in [0.15, 0.2) is 0 Å². The molecule has 0 aliphatic rings. The van der Waals surface area contributed by atoms with Gasteiger partial charge in [0.25, 0.3) is 0 Å². The first-order valence-electron chi connectivity index (χ1n) is 5.94. The van der Waals surface area contributed by atoms with Crippen molar-refractivity contribution in [3.8, 4) is 0 Å². The standard InChI is InChI=1S/C12H22N2O2/c13-9-7-5-3-1-2-4-6-8-11(10-14)12(15)16/h9-11,13-14H,1-8H2,(H,15,16). The summed E-state index contributed by atoms with van der Waals surface area (Å²) in [4.78, 5) is 10.6. The minimum absolute atomic E-state index is 0.583. The van der Waals surface area contributed by atoms with Crippen molar-refractivity contribution in [3.05, 3.63) is 0 Å². The molecule has 1 unspecified atom stereocenters. The lowest BCUT2D eigenvalue weighted by Crippen LogP contribution is -2.14. The molecular weight excluding hydrogens is 204 g/mol. The van der Waals surface area contributed by atoms with Gasteiger partial charge in [-0.25, -0.2) is 0 Å². The van der Waals surface area contributed by atoms with Crippen molar-refractivity contribution < 1.29 is 9.90 Å². The third-order valence-electron chi connectivity index (χ3n) is 2.63. The van der Waals surface area contributed by atoms with Gasteiger partial charge in [-0.2, -0.15) is 0 Å². The minimum Gasteiger partial charge on any atom is -0.481 e. The van der Waals surface area contributed by atoms with Crippen LogP contribution in [0.4, 0.5) is 0 Å². The van der Waals surface area contributed by atoms with Crippen molar-refractivity contribution in [2.45, 2.75) is 51.4 Å². The zero-order valence-electron chi connectivity index (χ0n) is 9.74. The lowest BCUT2D eigenvalue weighted by molar-refractivity contribution is -0.139. The predicted molar refractivity (Wildman–Crippen MR) is 65.6 cm³/mol. The Hall–Kier alpha value is -1.19. The number of rotatable bonds is 11. The Bertz CT molecular complexity index is 217. The first-order chi connectivity index (χ1) is 7.72. The highest BCUT2D eigenvalue weighted by molar-refractivity contribution is 5.87. The third-order valence-corrected chi connectivity index (χ3v) is 2.63. The molecule has 0 saturated carbocycles. The lowest BCUT2D eigenvalue weighted by atomic mass is 10.0. The summed E-state index contributed by atoms with van der Waals surface area (Å²) in [7, 11) is 0. The van der Waals surface area contributed by atoms with Gasteiger partial charge in [-0.3, -0.25) is 4.79 Å². The summed E-state index contributed by atoms with van der Waals surface area (Å²) in [6.07, 6.45) is 10.4. The summed E-state index contributed by atoms with van der Waals surface area (Å²) in [5.74, 6) is -1.49. The topological polar surface area (TPSA) is 85.0 Å². The van der Waals surface area contributed by atoms with E-state index in [0.717, 1.165) is 51.2 Å². The highest BCUT2D eigenvalue weighted by atomic mass is 16.4. The highest BCUT2D eigenvalue weighted by Gasteiger charge is 2.12. The summed E-state index contributed by atoms with van der Waals surface area (Å²) in [6.45, 7) is 0. The van der Waals surface area contributed by atoms with Crippen LogP contribution in [0.3, 0.4) is 0 Å². The van der Waals surface area contributed by atoms with E-state index in [0.29, 0.717) is 6.42 Å². The van der Waals surface area contributed by atoms with Crippen molar-refractivity contribution in [1.29, 1.82) is 10.8 Å². The number of carboxylic acid groups (broad SMARTS) is 1. The van der Waals surface area contributed by atoms with Crippen LogP contribution in [0, 0.1) is 16.7 Å². The Morgan fingerprint density at radius 3 is 2.12 bits per heavy atom. The molecule has 1 atom stereocenters. The number of aliphatic carboxylic acids is 1. The molecule has 0 aromatic heterocycles. The smallest absolute Gasteiger partial charge is 0.311 e. The molecule has 16 heavy (non-hydrogen) atoms. The van der Waals surface area contributed by atoms with Crippen molar-refractivity contribution in [1.82, 2.24) is 0 Å². The van der Waals surface area contributed by atoms with Crippen molar-refractivity contribution >= 4 is 18.4 Å². The number of carboxylic acids is 1. The summed E-state index contributed by atoms with van der Waals surface area (Å²) in [5.41, 5.74) is 0. The SMILES string of the molecule is N=CCCCCCCCCC(C=N)C(=O)O. The Morgan fingerprint density at radius 1 is 1.06 bits per heavy atom. The van der Waals surface area contributed by atoms with Crippen molar-refractivity contribution in [3.63, 3.8) is 0 Å². The van der Waals surface area contributed by atoms with Gasteiger partial charge in [-0.1, -0.05) is 32.1 Å². The molecule has 0 radical (unpaired) electrons. The molecule has 0 spiro atoms. The van der Waals surface area contributed by atoms with Gasteiger partial charge in [0, 0.05) is 6.21 Å². The Morgan fingerprint density at radius 2 is 1.62 bits per heavy atom. The number of nitrogens with one attached hydrogen (secondary N) is 2. The van der Waals surface area contributed by atoms with Gasteiger partial charge >= 0.3 is 5.97 Å². The first kappa shape index (κ1) is 14.8. The molecule has 0 aromatic rings. The maximum absolute atomic E-state index is 10.6. The van der Waals surface area contributed by atoms with Gasteiger partial charge in [0.05, 0.1) is 5.92 Å². The maximum atomic E-state index is 10.6. The zero-order chi connectivity index (χ0) is 12.2. The first-order valence-corrected chi connectivity index (χ1v) is 5.94. The van der Waals surface area contributed by atoms with E-state index >= 15 is 0 Å². The van der Waals surface area contributed by atoms with E-state index in [-0.39, 0.29) is 0 Å². The van der Waals surface area contributed by atoms with Crippen LogP contribution >= 0.6 is 0 Å². The van der Waals surface area contributed by atoms with Crippen molar-refractivity contribution in [2.24, 2.45) is 5.92 Å². The summed E-state index contributed by atoms with van der Waals surface area (Å²) >= 11 is 0. The van der Waals surface area contributed by atoms with Crippen LogP contribution < -0.4 is 0 Å². The predicted octanol–water partition coefficient (Wildman–Crippen LogP) is 3.11. The normalized spacial score (nSPS) is 12.0.